The first-order valence-electron chi connectivity index (χ1n) is 8.97. The third kappa shape index (κ3) is 3.99. The number of thiophene rings is 1. The van der Waals surface area contributed by atoms with Gasteiger partial charge in [0.25, 0.3) is 0 Å². The van der Waals surface area contributed by atoms with Crippen molar-refractivity contribution in [3.8, 4) is 16.5 Å². The van der Waals surface area contributed by atoms with Gasteiger partial charge in [-0.1, -0.05) is 0 Å². The summed E-state index contributed by atoms with van der Waals surface area (Å²) in [6, 6.07) is 8.80. The van der Waals surface area contributed by atoms with Gasteiger partial charge in [-0.2, -0.15) is 0 Å². The zero-order chi connectivity index (χ0) is 20.3. The number of amides is 2. The molecule has 2 heterocycles. The maximum absolute atomic E-state index is 12.6. The molecule has 0 saturated heterocycles. The molecule has 2 aromatic heterocycles. The molecule has 3 aromatic rings. The van der Waals surface area contributed by atoms with E-state index in [-0.39, 0.29) is 12.1 Å². The smallest absolute Gasteiger partial charge is 0.319 e. The second-order valence-electron chi connectivity index (χ2n) is 6.48. The normalized spacial score (nSPS) is 11.8. The molecule has 0 bridgehead atoms. The van der Waals surface area contributed by atoms with Crippen molar-refractivity contribution in [1.82, 2.24) is 9.88 Å². The zero-order valence-electron chi connectivity index (χ0n) is 16.7. The second-order valence-corrected chi connectivity index (χ2v) is 7.68. The molecule has 1 aromatic carbocycles. The predicted octanol–water partition coefficient (Wildman–Crippen LogP) is 5.06. The highest BCUT2D eigenvalue weighted by molar-refractivity contribution is 7.14. The van der Waals surface area contributed by atoms with Gasteiger partial charge in [-0.05, 0) is 50.6 Å². The molecule has 0 aliphatic rings. The van der Waals surface area contributed by atoms with Crippen molar-refractivity contribution in [2.45, 2.75) is 26.8 Å². The number of aromatic nitrogens is 1. The van der Waals surface area contributed by atoms with Crippen LogP contribution >= 0.6 is 11.3 Å². The summed E-state index contributed by atoms with van der Waals surface area (Å²) >= 11 is 1.73. The van der Waals surface area contributed by atoms with Gasteiger partial charge >= 0.3 is 6.03 Å². The number of nitrogens with zero attached hydrogens (tertiary/aromatic N) is 1. The lowest BCUT2D eigenvalue weighted by Crippen LogP contribution is -2.31. The number of hydrogen-bond donors (Lipinski definition) is 2. The molecule has 28 heavy (non-hydrogen) atoms. The molecule has 2 N–H and O–H groups in total. The lowest BCUT2D eigenvalue weighted by Gasteiger charge is -2.18. The van der Waals surface area contributed by atoms with Gasteiger partial charge in [0, 0.05) is 28.9 Å². The fourth-order valence-corrected chi connectivity index (χ4v) is 4.35. The first-order valence-corrected chi connectivity index (χ1v) is 9.79. The van der Waals surface area contributed by atoms with E-state index in [2.05, 4.69) is 29.0 Å². The molecule has 148 valence electrons. The van der Waals surface area contributed by atoms with E-state index in [4.69, 9.17) is 9.47 Å². The molecule has 0 aliphatic heterocycles. The fourth-order valence-electron chi connectivity index (χ4n) is 3.13. The number of benzene rings is 1. The number of hydrogen-bond acceptors (Lipinski definition) is 4. The van der Waals surface area contributed by atoms with Gasteiger partial charge in [0.2, 0.25) is 0 Å². The molecule has 0 fully saturated rings. The largest absolute Gasteiger partial charge is 0.497 e. The van der Waals surface area contributed by atoms with E-state index in [1.54, 1.807) is 43.8 Å². The summed E-state index contributed by atoms with van der Waals surface area (Å²) in [7, 11) is 3.14. The van der Waals surface area contributed by atoms with Crippen molar-refractivity contribution in [2.24, 2.45) is 0 Å². The van der Waals surface area contributed by atoms with E-state index in [0.717, 1.165) is 10.6 Å². The zero-order valence-corrected chi connectivity index (χ0v) is 17.5. The molecule has 6 nitrogen and oxygen atoms in total. The first kappa shape index (κ1) is 19.8. The number of carbonyl (C=O) groups is 1. The van der Waals surface area contributed by atoms with Crippen molar-refractivity contribution in [1.29, 1.82) is 0 Å². The second kappa shape index (κ2) is 8.39. The fraction of sp³-hybridized carbons (Fsp3) is 0.286. The van der Waals surface area contributed by atoms with Crippen molar-refractivity contribution >= 4 is 23.1 Å². The van der Waals surface area contributed by atoms with E-state index >= 15 is 0 Å². The monoisotopic (exact) mass is 399 g/mol. The Bertz CT molecular complexity index is 964. The first-order chi connectivity index (χ1) is 13.4. The number of aryl methyl sites for hydroxylation is 1. The molecule has 1 atom stereocenters. The van der Waals surface area contributed by atoms with Crippen LogP contribution in [0, 0.1) is 13.8 Å². The van der Waals surface area contributed by atoms with Gasteiger partial charge in [-0.25, -0.2) is 4.79 Å². The van der Waals surface area contributed by atoms with Crippen molar-refractivity contribution < 1.29 is 14.3 Å². The molecule has 0 saturated carbocycles. The summed E-state index contributed by atoms with van der Waals surface area (Å²) in [5.41, 5.74) is 2.90. The Morgan fingerprint density at radius 1 is 1.14 bits per heavy atom. The van der Waals surface area contributed by atoms with E-state index in [1.807, 2.05) is 31.5 Å². The van der Waals surface area contributed by atoms with Gasteiger partial charge in [0.15, 0.2) is 0 Å². The average Bonchev–Trinajstić information content (AvgIpc) is 3.30. The summed E-state index contributed by atoms with van der Waals surface area (Å²) in [6.45, 7) is 6.19. The Morgan fingerprint density at radius 3 is 2.50 bits per heavy atom. The molecule has 2 amide bonds. The van der Waals surface area contributed by atoms with Crippen LogP contribution in [-0.2, 0) is 0 Å². The van der Waals surface area contributed by atoms with Gasteiger partial charge in [-0.15, -0.1) is 11.3 Å². The summed E-state index contributed by atoms with van der Waals surface area (Å²) in [6.07, 6.45) is 4.03. The molecule has 1 unspecified atom stereocenters. The summed E-state index contributed by atoms with van der Waals surface area (Å²) < 4.78 is 12.6. The molecule has 0 spiro atoms. The number of carbonyl (C=O) groups excluding carboxylic acids is 1. The SMILES string of the molecule is COc1ccc(NC(=O)NC(C)c2c(-n3cccc3)sc(C)c2C)c(OC)c1. The topological polar surface area (TPSA) is 64.5 Å². The van der Waals surface area contributed by atoms with Crippen molar-refractivity contribution in [3.63, 3.8) is 0 Å². The Kier molecular flexibility index (Phi) is 5.94. The van der Waals surface area contributed by atoms with Gasteiger partial charge in [0.05, 0.1) is 25.9 Å². The van der Waals surface area contributed by atoms with E-state index in [0.29, 0.717) is 17.2 Å². The Balaban J connectivity index is 1.79. The molecule has 0 aliphatic carbocycles. The number of nitrogens with one attached hydrogen (secondary N) is 2. The highest BCUT2D eigenvalue weighted by Crippen LogP contribution is 2.35. The van der Waals surface area contributed by atoms with Crippen molar-refractivity contribution in [3.05, 3.63) is 58.7 Å². The Labute approximate surface area is 169 Å². The maximum atomic E-state index is 12.6. The molecular weight excluding hydrogens is 374 g/mol. The van der Waals surface area contributed by atoms with Gasteiger partial charge in [0.1, 0.15) is 16.5 Å². The summed E-state index contributed by atoms with van der Waals surface area (Å²) in [4.78, 5) is 13.9. The lowest BCUT2D eigenvalue weighted by molar-refractivity contribution is 0.249. The van der Waals surface area contributed by atoms with Crippen LogP contribution in [0.1, 0.15) is 29.0 Å². The van der Waals surface area contributed by atoms with Crippen LogP contribution in [-0.4, -0.2) is 24.8 Å². The van der Waals surface area contributed by atoms with E-state index < -0.39 is 0 Å². The number of methoxy groups -OCH3 is 2. The standard InChI is InChI=1S/C21H25N3O3S/c1-13-15(3)28-20(24-10-6-7-11-24)19(13)14(2)22-21(25)23-17-9-8-16(26-4)12-18(17)27-5/h6-12,14H,1-5H3,(H2,22,23,25). The van der Waals surface area contributed by atoms with Gasteiger partial charge in [-0.3, -0.25) is 0 Å². The molecule has 3 rings (SSSR count). The van der Waals surface area contributed by atoms with E-state index in [1.165, 1.54) is 10.4 Å². The van der Waals surface area contributed by atoms with Gasteiger partial charge < -0.3 is 24.7 Å². The maximum Gasteiger partial charge on any atom is 0.319 e. The third-order valence-electron chi connectivity index (χ3n) is 4.69. The minimum atomic E-state index is -0.294. The highest BCUT2D eigenvalue weighted by atomic mass is 32.1. The summed E-state index contributed by atoms with van der Waals surface area (Å²) in [5.74, 6) is 1.20. The van der Waals surface area contributed by atoms with Crippen LogP contribution in [0.15, 0.2) is 42.7 Å². The predicted molar refractivity (Wildman–Crippen MR) is 113 cm³/mol. The average molecular weight is 400 g/mol. The Morgan fingerprint density at radius 2 is 1.86 bits per heavy atom. The van der Waals surface area contributed by atoms with Crippen LogP contribution < -0.4 is 20.1 Å². The molecule has 0 radical (unpaired) electrons. The van der Waals surface area contributed by atoms with Crippen LogP contribution in [0.4, 0.5) is 10.5 Å². The summed E-state index contributed by atoms with van der Waals surface area (Å²) in [5, 5.41) is 7.02. The van der Waals surface area contributed by atoms with Crippen LogP contribution in [0.3, 0.4) is 0 Å². The third-order valence-corrected chi connectivity index (χ3v) is 5.93. The molecular formula is C21H25N3O3S. The quantitative estimate of drug-likeness (QED) is 0.609. The minimum Gasteiger partial charge on any atom is -0.497 e. The number of rotatable bonds is 6. The van der Waals surface area contributed by atoms with Crippen LogP contribution in [0.25, 0.3) is 5.00 Å². The molecule has 7 heteroatoms. The Hall–Kier alpha value is -2.93. The highest BCUT2D eigenvalue weighted by Gasteiger charge is 2.21. The number of ether oxygens (including phenoxy) is 2. The van der Waals surface area contributed by atoms with Crippen LogP contribution in [0.2, 0.25) is 0 Å². The number of anilines is 1. The van der Waals surface area contributed by atoms with E-state index in [9.17, 15) is 4.79 Å². The van der Waals surface area contributed by atoms with Crippen LogP contribution in [0.5, 0.6) is 11.5 Å². The number of urea groups is 1. The minimum absolute atomic E-state index is 0.161. The van der Waals surface area contributed by atoms with Crippen molar-refractivity contribution in [2.75, 3.05) is 19.5 Å². The lowest BCUT2D eigenvalue weighted by atomic mass is 10.1.